The zero-order valence-electron chi connectivity index (χ0n) is 10.7. The molecule has 18 heavy (non-hydrogen) atoms. The second kappa shape index (κ2) is 5.98. The van der Waals surface area contributed by atoms with Crippen molar-refractivity contribution in [3.05, 3.63) is 35.4 Å². The highest BCUT2D eigenvalue weighted by molar-refractivity contribution is 5.70. The van der Waals surface area contributed by atoms with Gasteiger partial charge < -0.3 is 15.3 Å². The number of likely N-dealkylation sites (N-methyl/N-ethyl adjacent to an activating group) is 1. The molecule has 1 aromatic carbocycles. The van der Waals surface area contributed by atoms with Crippen LogP contribution in [0.1, 0.15) is 17.5 Å². The van der Waals surface area contributed by atoms with E-state index in [1.54, 1.807) is 0 Å². The monoisotopic (exact) mass is 248 g/mol. The maximum atomic E-state index is 10.8. The van der Waals surface area contributed by atoms with Crippen LogP contribution in [0.25, 0.3) is 0 Å². The fourth-order valence-corrected chi connectivity index (χ4v) is 2.42. The van der Waals surface area contributed by atoms with Gasteiger partial charge in [-0.3, -0.25) is 4.79 Å². The Balaban J connectivity index is 1.94. The molecule has 0 bridgehead atoms. The molecule has 1 fully saturated rings. The van der Waals surface area contributed by atoms with Gasteiger partial charge in [0.25, 0.3) is 0 Å². The summed E-state index contributed by atoms with van der Waals surface area (Å²) >= 11 is 0. The van der Waals surface area contributed by atoms with E-state index >= 15 is 0 Å². The van der Waals surface area contributed by atoms with E-state index in [-0.39, 0.29) is 6.42 Å². The van der Waals surface area contributed by atoms with Crippen molar-refractivity contribution in [1.82, 2.24) is 10.2 Å². The van der Waals surface area contributed by atoms with E-state index in [9.17, 15) is 4.79 Å². The molecular weight excluding hydrogens is 228 g/mol. The van der Waals surface area contributed by atoms with E-state index in [1.807, 2.05) is 24.3 Å². The first-order valence-corrected chi connectivity index (χ1v) is 6.35. The van der Waals surface area contributed by atoms with Gasteiger partial charge in [0.1, 0.15) is 0 Å². The third-order valence-corrected chi connectivity index (χ3v) is 3.43. The zero-order chi connectivity index (χ0) is 13.0. The molecule has 4 heteroatoms. The Labute approximate surface area is 108 Å². The van der Waals surface area contributed by atoms with Crippen LogP contribution in [0.15, 0.2) is 24.3 Å². The summed E-state index contributed by atoms with van der Waals surface area (Å²) in [5, 5.41) is 12.4. The van der Waals surface area contributed by atoms with Gasteiger partial charge in [0, 0.05) is 19.1 Å². The Morgan fingerprint density at radius 3 is 2.78 bits per heavy atom. The summed E-state index contributed by atoms with van der Waals surface area (Å²) in [7, 11) is 2.13. The number of hydrogen-bond donors (Lipinski definition) is 2. The average molecular weight is 248 g/mol. The first kappa shape index (κ1) is 13.1. The summed E-state index contributed by atoms with van der Waals surface area (Å²) < 4.78 is 0. The van der Waals surface area contributed by atoms with Crippen molar-refractivity contribution in [2.75, 3.05) is 20.1 Å². The summed E-state index contributed by atoms with van der Waals surface area (Å²) in [6.45, 7) is 2.96. The summed E-state index contributed by atoms with van der Waals surface area (Å²) in [5.74, 6) is -0.775. The molecule has 1 aliphatic rings. The van der Waals surface area contributed by atoms with Crippen LogP contribution in [-0.4, -0.2) is 42.2 Å². The highest BCUT2D eigenvalue weighted by Crippen LogP contribution is 2.12. The van der Waals surface area contributed by atoms with E-state index < -0.39 is 5.97 Å². The lowest BCUT2D eigenvalue weighted by atomic mass is 10.0. The maximum Gasteiger partial charge on any atom is 0.307 e. The summed E-state index contributed by atoms with van der Waals surface area (Å²) in [6, 6.07) is 8.28. The number of nitrogens with one attached hydrogen (secondary N) is 1. The van der Waals surface area contributed by atoms with Crippen LogP contribution in [-0.2, 0) is 17.8 Å². The topological polar surface area (TPSA) is 52.6 Å². The molecule has 0 aliphatic carbocycles. The minimum absolute atomic E-state index is 0.0996. The summed E-state index contributed by atoms with van der Waals surface area (Å²) in [6.07, 6.45) is 1.26. The van der Waals surface area contributed by atoms with Crippen LogP contribution in [0.5, 0.6) is 0 Å². The minimum Gasteiger partial charge on any atom is -0.481 e. The predicted molar refractivity (Wildman–Crippen MR) is 70.5 cm³/mol. The van der Waals surface area contributed by atoms with Crippen molar-refractivity contribution in [1.29, 1.82) is 0 Å². The van der Waals surface area contributed by atoms with Gasteiger partial charge in [0.2, 0.25) is 0 Å². The van der Waals surface area contributed by atoms with Gasteiger partial charge in [-0.15, -0.1) is 0 Å². The van der Waals surface area contributed by atoms with Crippen LogP contribution in [0.3, 0.4) is 0 Å². The molecule has 1 atom stereocenters. The van der Waals surface area contributed by atoms with Gasteiger partial charge >= 0.3 is 5.97 Å². The molecule has 0 spiro atoms. The number of rotatable bonds is 5. The Bertz CT molecular complexity index is 420. The maximum absolute atomic E-state index is 10.8. The molecule has 0 saturated carbocycles. The lowest BCUT2D eigenvalue weighted by Crippen LogP contribution is -2.31. The Morgan fingerprint density at radius 1 is 1.44 bits per heavy atom. The third kappa shape index (κ3) is 3.55. The number of carboxylic acid groups (broad SMARTS) is 1. The first-order chi connectivity index (χ1) is 8.65. The number of carbonyl (C=O) groups is 1. The standard InChI is InChI=1S/C14H20N2O2/c1-16-7-6-13(10-16)15-9-12-5-3-2-4-11(12)8-14(17)18/h2-5,13,15H,6-10H2,1H3,(H,17,18). The Kier molecular flexibility index (Phi) is 4.33. The number of carboxylic acids is 1. The fourth-order valence-electron chi connectivity index (χ4n) is 2.42. The van der Waals surface area contributed by atoms with E-state index in [4.69, 9.17) is 5.11 Å². The second-order valence-electron chi connectivity index (χ2n) is 4.97. The van der Waals surface area contributed by atoms with Gasteiger partial charge in [0.15, 0.2) is 0 Å². The van der Waals surface area contributed by atoms with Gasteiger partial charge in [-0.1, -0.05) is 24.3 Å². The van der Waals surface area contributed by atoms with Crippen molar-refractivity contribution in [3.63, 3.8) is 0 Å². The molecule has 1 saturated heterocycles. The van der Waals surface area contributed by atoms with Crippen LogP contribution in [0.4, 0.5) is 0 Å². The van der Waals surface area contributed by atoms with E-state index in [0.717, 1.165) is 37.2 Å². The molecule has 0 aromatic heterocycles. The van der Waals surface area contributed by atoms with E-state index in [1.165, 1.54) is 0 Å². The van der Waals surface area contributed by atoms with E-state index in [0.29, 0.717) is 6.04 Å². The number of nitrogens with zero attached hydrogens (tertiary/aromatic N) is 1. The molecule has 0 radical (unpaired) electrons. The molecule has 2 rings (SSSR count). The number of aliphatic carboxylic acids is 1. The lowest BCUT2D eigenvalue weighted by molar-refractivity contribution is -0.136. The predicted octanol–water partition coefficient (Wildman–Crippen LogP) is 1.11. The van der Waals surface area contributed by atoms with Crippen molar-refractivity contribution in [2.24, 2.45) is 0 Å². The minimum atomic E-state index is -0.775. The quantitative estimate of drug-likeness (QED) is 0.819. The molecule has 98 valence electrons. The molecule has 1 unspecified atom stereocenters. The van der Waals surface area contributed by atoms with Crippen LogP contribution >= 0.6 is 0 Å². The molecule has 4 nitrogen and oxygen atoms in total. The average Bonchev–Trinajstić information content (AvgIpc) is 2.73. The molecular formula is C14H20N2O2. The fraction of sp³-hybridized carbons (Fsp3) is 0.500. The normalized spacial score (nSPS) is 20.2. The zero-order valence-corrected chi connectivity index (χ0v) is 10.7. The number of likely N-dealkylation sites (tertiary alicyclic amines) is 1. The molecule has 1 heterocycles. The van der Waals surface area contributed by atoms with Gasteiger partial charge in [0.05, 0.1) is 6.42 Å². The third-order valence-electron chi connectivity index (χ3n) is 3.43. The van der Waals surface area contributed by atoms with Crippen LogP contribution < -0.4 is 5.32 Å². The molecule has 0 amide bonds. The van der Waals surface area contributed by atoms with Crippen LogP contribution in [0.2, 0.25) is 0 Å². The van der Waals surface area contributed by atoms with Crippen molar-refractivity contribution in [2.45, 2.75) is 25.4 Å². The second-order valence-corrected chi connectivity index (χ2v) is 4.97. The smallest absolute Gasteiger partial charge is 0.307 e. The highest BCUT2D eigenvalue weighted by atomic mass is 16.4. The SMILES string of the molecule is CN1CCC(NCc2ccccc2CC(=O)O)C1. The van der Waals surface area contributed by atoms with Crippen molar-refractivity contribution >= 4 is 5.97 Å². The van der Waals surface area contributed by atoms with Gasteiger partial charge in [-0.05, 0) is 31.1 Å². The number of benzene rings is 1. The van der Waals surface area contributed by atoms with Crippen LogP contribution in [0, 0.1) is 0 Å². The largest absolute Gasteiger partial charge is 0.481 e. The van der Waals surface area contributed by atoms with Gasteiger partial charge in [-0.25, -0.2) is 0 Å². The van der Waals surface area contributed by atoms with Crippen molar-refractivity contribution in [3.8, 4) is 0 Å². The molecule has 2 N–H and O–H groups in total. The summed E-state index contributed by atoms with van der Waals surface area (Å²) in [5.41, 5.74) is 2.00. The Morgan fingerprint density at radius 2 is 2.17 bits per heavy atom. The first-order valence-electron chi connectivity index (χ1n) is 6.35. The molecule has 1 aromatic rings. The van der Waals surface area contributed by atoms with Crippen molar-refractivity contribution < 1.29 is 9.90 Å². The Hall–Kier alpha value is -1.39. The summed E-state index contributed by atoms with van der Waals surface area (Å²) in [4.78, 5) is 13.1. The lowest BCUT2D eigenvalue weighted by Gasteiger charge is -2.14. The number of hydrogen-bond acceptors (Lipinski definition) is 3. The van der Waals surface area contributed by atoms with E-state index in [2.05, 4.69) is 17.3 Å². The van der Waals surface area contributed by atoms with Gasteiger partial charge in [-0.2, -0.15) is 0 Å². The highest BCUT2D eigenvalue weighted by Gasteiger charge is 2.18. The molecule has 1 aliphatic heterocycles.